The molecule has 30 heavy (non-hydrogen) atoms. The average Bonchev–Trinajstić information content (AvgIpc) is 2.75. The number of halogens is 1. The van der Waals surface area contributed by atoms with Gasteiger partial charge in [-0.2, -0.15) is 0 Å². The molecule has 2 amide bonds. The number of hydrogen-bond donors (Lipinski definition) is 1. The number of carbonyl (C=O) groups is 2. The van der Waals surface area contributed by atoms with Gasteiger partial charge in [-0.15, -0.1) is 0 Å². The van der Waals surface area contributed by atoms with E-state index < -0.39 is 0 Å². The SMILES string of the molecule is COc1cc(OC)cc(C(=O)N2CCN(CC(=O)Nc3ccc(C)cc3Cl)CC2)c1. The first kappa shape index (κ1) is 21.9. The molecule has 1 aliphatic rings. The van der Waals surface area contributed by atoms with Gasteiger partial charge >= 0.3 is 0 Å². The highest BCUT2D eigenvalue weighted by Gasteiger charge is 2.24. The molecule has 0 atom stereocenters. The first-order valence-electron chi connectivity index (χ1n) is 9.70. The minimum Gasteiger partial charge on any atom is -0.497 e. The van der Waals surface area contributed by atoms with E-state index in [1.807, 2.05) is 24.0 Å². The second kappa shape index (κ2) is 9.82. The highest BCUT2D eigenvalue weighted by atomic mass is 35.5. The van der Waals surface area contributed by atoms with Crippen LogP contribution in [0.3, 0.4) is 0 Å². The maximum Gasteiger partial charge on any atom is 0.254 e. The van der Waals surface area contributed by atoms with Gasteiger partial charge < -0.3 is 19.7 Å². The van der Waals surface area contributed by atoms with Gasteiger partial charge in [0.25, 0.3) is 5.91 Å². The van der Waals surface area contributed by atoms with E-state index >= 15 is 0 Å². The Bertz CT molecular complexity index is 904. The van der Waals surface area contributed by atoms with E-state index in [9.17, 15) is 9.59 Å². The third-order valence-corrected chi connectivity index (χ3v) is 5.34. The minimum absolute atomic E-state index is 0.0808. The number of aryl methyl sites for hydroxylation is 1. The van der Waals surface area contributed by atoms with Crippen LogP contribution in [0.4, 0.5) is 5.69 Å². The second-order valence-electron chi connectivity index (χ2n) is 7.20. The lowest BCUT2D eigenvalue weighted by Gasteiger charge is -2.34. The van der Waals surface area contributed by atoms with Crippen LogP contribution < -0.4 is 14.8 Å². The summed E-state index contributed by atoms with van der Waals surface area (Å²) >= 11 is 6.18. The summed E-state index contributed by atoms with van der Waals surface area (Å²) in [6.07, 6.45) is 0. The summed E-state index contributed by atoms with van der Waals surface area (Å²) in [4.78, 5) is 29.0. The minimum atomic E-state index is -0.127. The Labute approximate surface area is 181 Å². The van der Waals surface area contributed by atoms with Crippen LogP contribution in [0, 0.1) is 6.92 Å². The number of ether oxygens (including phenoxy) is 2. The van der Waals surface area contributed by atoms with Crippen molar-refractivity contribution in [2.75, 3.05) is 52.3 Å². The Balaban J connectivity index is 1.54. The zero-order valence-corrected chi connectivity index (χ0v) is 18.2. The van der Waals surface area contributed by atoms with Gasteiger partial charge in [-0.1, -0.05) is 17.7 Å². The highest BCUT2D eigenvalue weighted by Crippen LogP contribution is 2.24. The lowest BCUT2D eigenvalue weighted by molar-refractivity contribution is -0.117. The number of hydrogen-bond acceptors (Lipinski definition) is 5. The number of rotatable bonds is 6. The van der Waals surface area contributed by atoms with E-state index in [2.05, 4.69) is 5.32 Å². The summed E-state index contributed by atoms with van der Waals surface area (Å²) in [5.41, 5.74) is 2.16. The summed E-state index contributed by atoms with van der Waals surface area (Å²) in [6, 6.07) is 10.7. The van der Waals surface area contributed by atoms with Gasteiger partial charge in [0.2, 0.25) is 5.91 Å². The number of carbonyl (C=O) groups excluding carboxylic acids is 2. The van der Waals surface area contributed by atoms with Crippen LogP contribution in [0.2, 0.25) is 5.02 Å². The summed E-state index contributed by atoms with van der Waals surface area (Å²) in [5, 5.41) is 3.37. The topological polar surface area (TPSA) is 71.1 Å². The van der Waals surface area contributed by atoms with Crippen LogP contribution in [-0.4, -0.2) is 68.6 Å². The number of piperazine rings is 1. The van der Waals surface area contributed by atoms with Gasteiger partial charge in [-0.05, 0) is 36.8 Å². The number of anilines is 1. The molecule has 0 unspecified atom stereocenters. The van der Waals surface area contributed by atoms with Crippen molar-refractivity contribution in [1.82, 2.24) is 9.80 Å². The predicted octanol–water partition coefficient (Wildman–Crippen LogP) is 3.06. The molecule has 1 fully saturated rings. The molecule has 7 nitrogen and oxygen atoms in total. The third-order valence-electron chi connectivity index (χ3n) is 5.02. The molecule has 0 aromatic heterocycles. The fourth-order valence-corrected chi connectivity index (χ4v) is 3.62. The summed E-state index contributed by atoms with van der Waals surface area (Å²) in [6.45, 7) is 4.50. The molecule has 0 spiro atoms. The molecule has 1 aliphatic heterocycles. The molecule has 1 heterocycles. The molecule has 160 valence electrons. The van der Waals surface area contributed by atoms with E-state index in [-0.39, 0.29) is 18.4 Å². The van der Waals surface area contributed by atoms with Crippen LogP contribution in [0.1, 0.15) is 15.9 Å². The molecule has 0 aliphatic carbocycles. The fraction of sp³-hybridized carbons (Fsp3) is 0.364. The molecule has 8 heteroatoms. The van der Waals surface area contributed by atoms with Crippen molar-refractivity contribution >= 4 is 29.1 Å². The second-order valence-corrected chi connectivity index (χ2v) is 7.61. The van der Waals surface area contributed by atoms with E-state index in [0.29, 0.717) is 54.0 Å². The predicted molar refractivity (Wildman–Crippen MR) is 117 cm³/mol. The summed E-state index contributed by atoms with van der Waals surface area (Å²) < 4.78 is 10.5. The summed E-state index contributed by atoms with van der Waals surface area (Å²) in [5.74, 6) is 0.936. The van der Waals surface area contributed by atoms with Crippen molar-refractivity contribution in [3.8, 4) is 11.5 Å². The van der Waals surface area contributed by atoms with Gasteiger partial charge in [0.15, 0.2) is 0 Å². The molecule has 2 aromatic carbocycles. The third kappa shape index (κ3) is 5.43. The Hall–Kier alpha value is -2.77. The lowest BCUT2D eigenvalue weighted by Crippen LogP contribution is -2.50. The van der Waals surface area contributed by atoms with Crippen molar-refractivity contribution in [1.29, 1.82) is 0 Å². The standard InChI is InChI=1S/C22H26ClN3O4/c1-15-4-5-20(19(23)10-15)24-21(27)14-25-6-8-26(9-7-25)22(28)16-11-17(29-2)13-18(12-16)30-3/h4-5,10-13H,6-9,14H2,1-3H3,(H,24,27). The monoisotopic (exact) mass is 431 g/mol. The lowest BCUT2D eigenvalue weighted by atomic mass is 10.1. The first-order valence-corrected chi connectivity index (χ1v) is 10.1. The van der Waals surface area contributed by atoms with Crippen molar-refractivity contribution in [3.63, 3.8) is 0 Å². The zero-order valence-electron chi connectivity index (χ0n) is 17.4. The molecular weight excluding hydrogens is 406 g/mol. The van der Waals surface area contributed by atoms with E-state index in [1.54, 1.807) is 43.4 Å². The normalized spacial score (nSPS) is 14.3. The van der Waals surface area contributed by atoms with Crippen molar-refractivity contribution in [2.24, 2.45) is 0 Å². The Morgan fingerprint density at radius 2 is 1.63 bits per heavy atom. The van der Waals surface area contributed by atoms with Gasteiger partial charge in [0.05, 0.1) is 31.5 Å². The van der Waals surface area contributed by atoms with Crippen molar-refractivity contribution < 1.29 is 19.1 Å². The van der Waals surface area contributed by atoms with E-state index in [0.717, 1.165) is 5.56 Å². The molecule has 0 radical (unpaired) electrons. The van der Waals surface area contributed by atoms with Crippen molar-refractivity contribution in [2.45, 2.75) is 6.92 Å². The fourth-order valence-electron chi connectivity index (χ4n) is 3.34. The van der Waals surface area contributed by atoms with Gasteiger partial charge in [0, 0.05) is 37.8 Å². The molecular formula is C22H26ClN3O4. The van der Waals surface area contributed by atoms with E-state index in [4.69, 9.17) is 21.1 Å². The van der Waals surface area contributed by atoms with Crippen LogP contribution in [0.25, 0.3) is 0 Å². The quantitative estimate of drug-likeness (QED) is 0.761. The maximum atomic E-state index is 12.9. The van der Waals surface area contributed by atoms with Gasteiger partial charge in [-0.3, -0.25) is 14.5 Å². The Morgan fingerprint density at radius 1 is 1.00 bits per heavy atom. The van der Waals surface area contributed by atoms with Crippen LogP contribution >= 0.6 is 11.6 Å². The molecule has 1 saturated heterocycles. The number of methoxy groups -OCH3 is 2. The Morgan fingerprint density at radius 3 is 2.20 bits per heavy atom. The number of benzene rings is 2. The molecule has 1 N–H and O–H groups in total. The highest BCUT2D eigenvalue weighted by molar-refractivity contribution is 6.33. The number of nitrogens with one attached hydrogen (secondary N) is 1. The zero-order chi connectivity index (χ0) is 21.7. The van der Waals surface area contributed by atoms with Crippen LogP contribution in [0.5, 0.6) is 11.5 Å². The summed E-state index contributed by atoms with van der Waals surface area (Å²) in [7, 11) is 3.10. The largest absolute Gasteiger partial charge is 0.497 e. The molecule has 2 aromatic rings. The smallest absolute Gasteiger partial charge is 0.254 e. The van der Waals surface area contributed by atoms with Gasteiger partial charge in [0.1, 0.15) is 11.5 Å². The number of amides is 2. The molecule has 0 bridgehead atoms. The average molecular weight is 432 g/mol. The Kier molecular flexibility index (Phi) is 7.18. The number of nitrogens with zero attached hydrogens (tertiary/aromatic N) is 2. The maximum absolute atomic E-state index is 12.9. The van der Waals surface area contributed by atoms with Crippen molar-refractivity contribution in [3.05, 3.63) is 52.5 Å². The van der Waals surface area contributed by atoms with Crippen LogP contribution in [0.15, 0.2) is 36.4 Å². The van der Waals surface area contributed by atoms with Gasteiger partial charge in [-0.25, -0.2) is 0 Å². The molecule has 3 rings (SSSR count). The molecule has 0 saturated carbocycles. The van der Waals surface area contributed by atoms with E-state index in [1.165, 1.54) is 0 Å². The first-order chi connectivity index (χ1) is 14.4. The van der Waals surface area contributed by atoms with Crippen LogP contribution in [-0.2, 0) is 4.79 Å².